The average molecular weight is 266 g/mol. The van der Waals surface area contributed by atoms with Gasteiger partial charge >= 0.3 is 0 Å². The summed E-state index contributed by atoms with van der Waals surface area (Å²) in [7, 11) is 0. The third-order valence-electron chi connectivity index (χ3n) is 2.75. The maximum absolute atomic E-state index is 6.07. The van der Waals surface area contributed by atoms with Gasteiger partial charge in [-0.25, -0.2) is 0 Å². The van der Waals surface area contributed by atoms with Gasteiger partial charge in [0, 0.05) is 5.69 Å². The van der Waals surface area contributed by atoms with E-state index in [4.69, 9.17) is 22.1 Å². The largest absolute Gasteiger partial charge is 0.492 e. The van der Waals surface area contributed by atoms with E-state index in [0.717, 1.165) is 27.8 Å². The van der Waals surface area contributed by atoms with Gasteiger partial charge in [0.2, 0.25) is 0 Å². The van der Waals surface area contributed by atoms with Crippen molar-refractivity contribution < 1.29 is 4.74 Å². The number of halogens is 1. The lowest BCUT2D eigenvalue weighted by molar-refractivity contribution is 0.289. The van der Waals surface area contributed by atoms with Gasteiger partial charge in [0.05, 0.1) is 23.0 Å². The number of nitrogen functional groups attached to an aromatic ring is 1. The third-order valence-corrected chi connectivity index (χ3v) is 3.29. The molecular weight excluding hydrogens is 250 g/mol. The summed E-state index contributed by atoms with van der Waals surface area (Å²) >= 11 is 6.07. The highest BCUT2D eigenvalue weighted by molar-refractivity contribution is 6.31. The van der Waals surface area contributed by atoms with Crippen LogP contribution < -0.4 is 10.5 Å². The van der Waals surface area contributed by atoms with Crippen LogP contribution in [0.3, 0.4) is 0 Å². The summed E-state index contributed by atoms with van der Waals surface area (Å²) in [5.41, 5.74) is 8.15. The van der Waals surface area contributed by atoms with Crippen molar-refractivity contribution in [3.05, 3.63) is 40.7 Å². The summed E-state index contributed by atoms with van der Waals surface area (Å²) < 4.78 is 7.47. The number of anilines is 1. The van der Waals surface area contributed by atoms with E-state index in [1.54, 1.807) is 0 Å². The summed E-state index contributed by atoms with van der Waals surface area (Å²) in [5.74, 6) is 0.803. The predicted octanol–water partition coefficient (Wildman–Crippen LogP) is 2.81. The van der Waals surface area contributed by atoms with Crippen molar-refractivity contribution in [3.63, 3.8) is 0 Å². The van der Waals surface area contributed by atoms with Crippen molar-refractivity contribution in [2.75, 3.05) is 12.3 Å². The first kappa shape index (κ1) is 12.8. The Morgan fingerprint density at radius 2 is 1.94 bits per heavy atom. The molecule has 18 heavy (non-hydrogen) atoms. The maximum Gasteiger partial charge on any atom is 0.119 e. The molecule has 0 unspecified atom stereocenters. The van der Waals surface area contributed by atoms with Gasteiger partial charge in [-0.2, -0.15) is 5.10 Å². The van der Waals surface area contributed by atoms with Crippen molar-refractivity contribution in [2.45, 2.75) is 20.4 Å². The van der Waals surface area contributed by atoms with E-state index < -0.39 is 0 Å². The zero-order valence-corrected chi connectivity index (χ0v) is 11.2. The number of rotatable bonds is 4. The number of aromatic nitrogens is 2. The number of nitrogens with two attached hydrogens (primary N) is 1. The van der Waals surface area contributed by atoms with Gasteiger partial charge in [0.25, 0.3) is 0 Å². The Balaban J connectivity index is 1.92. The van der Waals surface area contributed by atoms with Crippen LogP contribution in [0.25, 0.3) is 0 Å². The number of nitrogens with zero attached hydrogens (tertiary/aromatic N) is 2. The summed E-state index contributed by atoms with van der Waals surface area (Å²) in [6, 6.07) is 7.33. The van der Waals surface area contributed by atoms with E-state index >= 15 is 0 Å². The average Bonchev–Trinajstić information content (AvgIpc) is 2.60. The van der Waals surface area contributed by atoms with Crippen LogP contribution in [0.2, 0.25) is 5.02 Å². The van der Waals surface area contributed by atoms with E-state index in [-0.39, 0.29) is 0 Å². The minimum Gasteiger partial charge on any atom is -0.492 e. The van der Waals surface area contributed by atoms with Gasteiger partial charge in [0.15, 0.2) is 0 Å². The lowest BCUT2D eigenvalue weighted by Gasteiger charge is -2.07. The highest BCUT2D eigenvalue weighted by Crippen LogP contribution is 2.19. The highest BCUT2D eigenvalue weighted by atomic mass is 35.5. The molecule has 1 heterocycles. The second kappa shape index (κ2) is 5.31. The fourth-order valence-electron chi connectivity index (χ4n) is 1.71. The van der Waals surface area contributed by atoms with Crippen molar-refractivity contribution in [2.24, 2.45) is 0 Å². The van der Waals surface area contributed by atoms with Gasteiger partial charge in [-0.15, -0.1) is 0 Å². The summed E-state index contributed by atoms with van der Waals surface area (Å²) in [6.45, 7) is 5.06. The first-order valence-electron chi connectivity index (χ1n) is 5.76. The van der Waals surface area contributed by atoms with Crippen LogP contribution in [-0.2, 0) is 6.54 Å². The minimum absolute atomic E-state index is 0.544. The molecule has 0 saturated carbocycles. The van der Waals surface area contributed by atoms with Crippen LogP contribution in [0.1, 0.15) is 11.4 Å². The molecule has 1 aromatic heterocycles. The maximum atomic E-state index is 6.07. The summed E-state index contributed by atoms with van der Waals surface area (Å²) in [5, 5.41) is 5.06. The molecule has 96 valence electrons. The number of ether oxygens (including phenoxy) is 1. The Hall–Kier alpha value is -1.68. The van der Waals surface area contributed by atoms with E-state index in [2.05, 4.69) is 5.10 Å². The molecule has 0 atom stereocenters. The fraction of sp³-hybridized carbons (Fsp3) is 0.308. The van der Waals surface area contributed by atoms with Crippen LogP contribution in [0.15, 0.2) is 24.3 Å². The first-order chi connectivity index (χ1) is 8.58. The van der Waals surface area contributed by atoms with Crippen molar-refractivity contribution >= 4 is 17.3 Å². The second-order valence-corrected chi connectivity index (χ2v) is 4.50. The zero-order valence-electron chi connectivity index (χ0n) is 10.5. The van der Waals surface area contributed by atoms with Crippen LogP contribution in [-0.4, -0.2) is 16.4 Å². The Morgan fingerprint density at radius 3 is 2.50 bits per heavy atom. The Kier molecular flexibility index (Phi) is 3.77. The summed E-state index contributed by atoms with van der Waals surface area (Å²) in [4.78, 5) is 0. The lowest BCUT2D eigenvalue weighted by atomic mass is 10.3. The van der Waals surface area contributed by atoms with Crippen LogP contribution in [0.4, 0.5) is 5.69 Å². The molecule has 0 aliphatic heterocycles. The Morgan fingerprint density at radius 1 is 1.28 bits per heavy atom. The first-order valence-corrected chi connectivity index (χ1v) is 6.13. The highest BCUT2D eigenvalue weighted by Gasteiger charge is 2.08. The minimum atomic E-state index is 0.544. The van der Waals surface area contributed by atoms with Gasteiger partial charge in [-0.3, -0.25) is 4.68 Å². The van der Waals surface area contributed by atoms with Crippen molar-refractivity contribution in [1.29, 1.82) is 0 Å². The second-order valence-electron chi connectivity index (χ2n) is 4.13. The van der Waals surface area contributed by atoms with Gasteiger partial charge in [0.1, 0.15) is 12.4 Å². The topological polar surface area (TPSA) is 53.1 Å². The van der Waals surface area contributed by atoms with E-state index in [1.165, 1.54) is 0 Å². The number of benzene rings is 1. The molecule has 0 bridgehead atoms. The normalized spacial score (nSPS) is 10.6. The molecule has 0 fully saturated rings. The van der Waals surface area contributed by atoms with E-state index in [0.29, 0.717) is 13.2 Å². The van der Waals surface area contributed by atoms with E-state index in [1.807, 2.05) is 42.8 Å². The quantitative estimate of drug-likeness (QED) is 0.865. The molecule has 0 amide bonds. The smallest absolute Gasteiger partial charge is 0.119 e. The lowest BCUT2D eigenvalue weighted by Crippen LogP contribution is -2.10. The number of hydrogen-bond donors (Lipinski definition) is 1. The van der Waals surface area contributed by atoms with Crippen molar-refractivity contribution in [3.8, 4) is 5.75 Å². The van der Waals surface area contributed by atoms with Crippen molar-refractivity contribution in [1.82, 2.24) is 9.78 Å². The molecule has 2 N–H and O–H groups in total. The molecule has 2 aromatic rings. The SMILES string of the molecule is Cc1nn(CCOc2ccc(N)cc2)c(C)c1Cl. The Bertz CT molecular complexity index is 534. The summed E-state index contributed by atoms with van der Waals surface area (Å²) in [6.07, 6.45) is 0. The third kappa shape index (κ3) is 2.76. The van der Waals surface area contributed by atoms with E-state index in [9.17, 15) is 0 Å². The zero-order chi connectivity index (χ0) is 13.1. The standard InChI is InChI=1S/C13H16ClN3O/c1-9-13(14)10(2)17(16-9)7-8-18-12-5-3-11(15)4-6-12/h3-6H,7-8,15H2,1-2H3. The molecule has 0 aliphatic rings. The predicted molar refractivity (Wildman–Crippen MR) is 73.1 cm³/mol. The van der Waals surface area contributed by atoms with Crippen LogP contribution in [0.5, 0.6) is 5.75 Å². The molecule has 5 heteroatoms. The van der Waals surface area contributed by atoms with Gasteiger partial charge in [-0.1, -0.05) is 11.6 Å². The molecular formula is C13H16ClN3O. The number of hydrogen-bond acceptors (Lipinski definition) is 3. The number of aryl methyl sites for hydroxylation is 1. The van der Waals surface area contributed by atoms with Gasteiger partial charge in [-0.05, 0) is 38.1 Å². The molecule has 1 aromatic carbocycles. The van der Waals surface area contributed by atoms with Gasteiger partial charge < -0.3 is 10.5 Å². The molecule has 0 radical (unpaired) electrons. The molecule has 4 nitrogen and oxygen atoms in total. The Labute approximate surface area is 111 Å². The van der Waals surface area contributed by atoms with Crippen LogP contribution in [0, 0.1) is 13.8 Å². The monoisotopic (exact) mass is 265 g/mol. The molecule has 0 aliphatic carbocycles. The fourth-order valence-corrected chi connectivity index (χ4v) is 1.84. The van der Waals surface area contributed by atoms with Crippen LogP contribution >= 0.6 is 11.6 Å². The molecule has 2 rings (SSSR count). The molecule has 0 spiro atoms. The molecule has 0 saturated heterocycles.